The quantitative estimate of drug-likeness (QED) is 0.817. The van der Waals surface area contributed by atoms with Crippen LogP contribution in [-0.4, -0.2) is 35.6 Å². The summed E-state index contributed by atoms with van der Waals surface area (Å²) in [5.74, 6) is 0.805. The Hall–Kier alpha value is -1.81. The molecule has 0 unspecified atom stereocenters. The first-order valence-corrected chi connectivity index (χ1v) is 9.79. The van der Waals surface area contributed by atoms with Crippen LogP contribution in [0.5, 0.6) is 5.75 Å². The number of hydrogen-bond acceptors (Lipinski definition) is 3. The van der Waals surface area contributed by atoms with Gasteiger partial charge in [0.25, 0.3) is 0 Å². The van der Waals surface area contributed by atoms with Crippen LogP contribution in [0.25, 0.3) is 0 Å². The number of fused-ring (bicyclic) bond motifs is 1. The van der Waals surface area contributed by atoms with Gasteiger partial charge in [0.15, 0.2) is 0 Å². The largest absolute Gasteiger partial charge is 0.489 e. The Morgan fingerprint density at radius 2 is 2.12 bits per heavy atom. The lowest BCUT2D eigenvalue weighted by molar-refractivity contribution is -0.137. The molecule has 0 saturated carbocycles. The molecule has 26 heavy (non-hydrogen) atoms. The van der Waals surface area contributed by atoms with Crippen LogP contribution in [0.15, 0.2) is 18.7 Å². The minimum Gasteiger partial charge on any atom is -0.489 e. The molecule has 3 atom stereocenters. The number of aryl methyl sites for hydroxylation is 1. The molecule has 0 aromatic heterocycles. The number of likely N-dealkylation sites (tertiary alicyclic amines) is 1. The average Bonchev–Trinajstić information content (AvgIpc) is 3.16. The van der Waals surface area contributed by atoms with E-state index in [4.69, 9.17) is 4.74 Å². The van der Waals surface area contributed by atoms with Gasteiger partial charge in [-0.1, -0.05) is 19.6 Å². The van der Waals surface area contributed by atoms with Crippen LogP contribution in [0.1, 0.15) is 54.5 Å². The molecule has 1 heterocycles. The fourth-order valence-corrected chi connectivity index (χ4v) is 4.61. The number of carbonyl (C=O) groups is 1. The Morgan fingerprint density at radius 1 is 1.42 bits per heavy atom. The third-order valence-electron chi connectivity index (χ3n) is 6.16. The SMILES string of the molecule is C=CCOc1cc(C)c2c(c1C)[C@H](O)[C@@H]([C@H](C)C(=O)N1CCCC1)CC2. The van der Waals surface area contributed by atoms with Crippen molar-refractivity contribution in [2.75, 3.05) is 19.7 Å². The second-order valence-corrected chi connectivity index (χ2v) is 7.78. The Balaban J connectivity index is 1.88. The Kier molecular flexibility index (Phi) is 5.71. The summed E-state index contributed by atoms with van der Waals surface area (Å²) in [5, 5.41) is 11.2. The predicted octanol–water partition coefficient (Wildman–Crippen LogP) is 3.72. The van der Waals surface area contributed by atoms with Crippen molar-refractivity contribution in [1.29, 1.82) is 0 Å². The molecule has 1 aliphatic heterocycles. The lowest BCUT2D eigenvalue weighted by Gasteiger charge is -2.37. The van der Waals surface area contributed by atoms with E-state index in [0.717, 1.165) is 61.2 Å². The van der Waals surface area contributed by atoms with Gasteiger partial charge in [-0.2, -0.15) is 0 Å². The third-order valence-corrected chi connectivity index (χ3v) is 6.16. The van der Waals surface area contributed by atoms with Gasteiger partial charge < -0.3 is 14.7 Å². The maximum atomic E-state index is 12.8. The molecule has 4 nitrogen and oxygen atoms in total. The fourth-order valence-electron chi connectivity index (χ4n) is 4.61. The molecule has 1 aromatic carbocycles. The highest BCUT2D eigenvalue weighted by molar-refractivity contribution is 5.79. The first kappa shape index (κ1) is 19.0. The first-order valence-electron chi connectivity index (χ1n) is 9.79. The van der Waals surface area contributed by atoms with Crippen molar-refractivity contribution < 1.29 is 14.6 Å². The van der Waals surface area contributed by atoms with E-state index >= 15 is 0 Å². The predicted molar refractivity (Wildman–Crippen MR) is 103 cm³/mol. The number of nitrogens with zero attached hydrogens (tertiary/aromatic N) is 1. The summed E-state index contributed by atoms with van der Waals surface area (Å²) in [6.45, 7) is 11.9. The van der Waals surface area contributed by atoms with Crippen molar-refractivity contribution in [2.24, 2.45) is 11.8 Å². The van der Waals surface area contributed by atoms with Crippen molar-refractivity contribution in [3.63, 3.8) is 0 Å². The van der Waals surface area contributed by atoms with Gasteiger partial charge in [0, 0.05) is 24.9 Å². The molecule has 4 heteroatoms. The molecule has 0 spiro atoms. The van der Waals surface area contributed by atoms with Crippen molar-refractivity contribution in [3.05, 3.63) is 41.0 Å². The monoisotopic (exact) mass is 357 g/mol. The Morgan fingerprint density at radius 3 is 2.77 bits per heavy atom. The number of hydrogen-bond donors (Lipinski definition) is 1. The highest BCUT2D eigenvalue weighted by Gasteiger charge is 2.38. The maximum Gasteiger partial charge on any atom is 0.225 e. The normalized spacial score (nSPS) is 23.5. The second-order valence-electron chi connectivity index (χ2n) is 7.78. The van der Waals surface area contributed by atoms with Crippen molar-refractivity contribution in [2.45, 2.75) is 52.6 Å². The van der Waals surface area contributed by atoms with Crippen molar-refractivity contribution >= 4 is 5.91 Å². The smallest absolute Gasteiger partial charge is 0.225 e. The van der Waals surface area contributed by atoms with E-state index < -0.39 is 6.10 Å². The topological polar surface area (TPSA) is 49.8 Å². The number of carbonyl (C=O) groups excluding carboxylic acids is 1. The van der Waals surface area contributed by atoms with E-state index in [0.29, 0.717) is 6.61 Å². The summed E-state index contributed by atoms with van der Waals surface area (Å²) in [7, 11) is 0. The van der Waals surface area contributed by atoms with Crippen LogP contribution in [-0.2, 0) is 11.2 Å². The highest BCUT2D eigenvalue weighted by Crippen LogP contribution is 2.44. The van der Waals surface area contributed by atoms with Crippen LogP contribution in [0, 0.1) is 25.7 Å². The van der Waals surface area contributed by atoms with Crippen LogP contribution in [0.3, 0.4) is 0 Å². The van der Waals surface area contributed by atoms with Gasteiger partial charge in [-0.05, 0) is 67.9 Å². The molecule has 2 aliphatic rings. The zero-order chi connectivity index (χ0) is 18.8. The van der Waals surface area contributed by atoms with Crippen molar-refractivity contribution in [1.82, 2.24) is 4.90 Å². The first-order chi connectivity index (χ1) is 12.5. The fraction of sp³-hybridized carbons (Fsp3) is 0.591. The van der Waals surface area contributed by atoms with Gasteiger partial charge in [0.1, 0.15) is 12.4 Å². The van der Waals surface area contributed by atoms with E-state index in [1.54, 1.807) is 6.08 Å². The van der Waals surface area contributed by atoms with Gasteiger partial charge in [-0.25, -0.2) is 0 Å². The minimum atomic E-state index is -0.619. The minimum absolute atomic E-state index is 0.0386. The summed E-state index contributed by atoms with van der Waals surface area (Å²) in [6, 6.07) is 2.06. The molecule has 0 bridgehead atoms. The lowest BCUT2D eigenvalue weighted by Crippen LogP contribution is -2.39. The molecule has 1 fully saturated rings. The summed E-state index contributed by atoms with van der Waals surface area (Å²) < 4.78 is 5.80. The number of aliphatic hydroxyl groups excluding tert-OH is 1. The molecule has 1 aliphatic carbocycles. The van der Waals surface area contributed by atoms with E-state index in [2.05, 4.69) is 19.6 Å². The van der Waals surface area contributed by atoms with Crippen LogP contribution in [0.4, 0.5) is 0 Å². The molecule has 3 rings (SSSR count). The van der Waals surface area contributed by atoms with Gasteiger partial charge in [0.2, 0.25) is 5.91 Å². The van der Waals surface area contributed by atoms with Gasteiger partial charge in [0.05, 0.1) is 6.10 Å². The number of benzene rings is 1. The summed E-state index contributed by atoms with van der Waals surface area (Å²) >= 11 is 0. The van der Waals surface area contributed by atoms with Crippen LogP contribution < -0.4 is 4.74 Å². The summed E-state index contributed by atoms with van der Waals surface area (Å²) in [6.07, 6.45) is 5.05. The highest BCUT2D eigenvalue weighted by atomic mass is 16.5. The zero-order valence-electron chi connectivity index (χ0n) is 16.3. The Bertz CT molecular complexity index is 691. The van der Waals surface area contributed by atoms with E-state index in [9.17, 15) is 9.90 Å². The number of rotatable bonds is 5. The zero-order valence-corrected chi connectivity index (χ0v) is 16.3. The molecule has 0 radical (unpaired) electrons. The molecule has 1 saturated heterocycles. The summed E-state index contributed by atoms with van der Waals surface area (Å²) in [5.41, 5.74) is 4.34. The van der Waals surface area contributed by atoms with Crippen molar-refractivity contribution in [3.8, 4) is 5.75 Å². The third kappa shape index (κ3) is 3.39. The van der Waals surface area contributed by atoms with E-state index in [1.807, 2.05) is 18.7 Å². The molecular weight excluding hydrogens is 326 g/mol. The van der Waals surface area contributed by atoms with Crippen LogP contribution in [0.2, 0.25) is 0 Å². The van der Waals surface area contributed by atoms with Crippen LogP contribution >= 0.6 is 0 Å². The number of ether oxygens (including phenoxy) is 1. The van der Waals surface area contributed by atoms with E-state index in [1.165, 1.54) is 5.56 Å². The van der Waals surface area contributed by atoms with Gasteiger partial charge in [-0.3, -0.25) is 4.79 Å². The molecule has 1 N–H and O–H groups in total. The average molecular weight is 357 g/mol. The molecule has 1 aromatic rings. The Labute approximate surface area is 156 Å². The van der Waals surface area contributed by atoms with E-state index in [-0.39, 0.29) is 17.7 Å². The molecular formula is C22H31NO3. The number of amides is 1. The maximum absolute atomic E-state index is 12.8. The standard InChI is InChI=1S/C22H31NO3/c1-5-12-26-19-13-14(2)17-8-9-18(21(24)20(17)16(19)4)15(3)22(25)23-10-6-7-11-23/h5,13,15,18,21,24H,1,6-12H2,2-4H3/t15-,18+,21+/m0/s1. The van der Waals surface area contributed by atoms with Gasteiger partial charge in [-0.15, -0.1) is 0 Å². The molecule has 1 amide bonds. The van der Waals surface area contributed by atoms with Gasteiger partial charge >= 0.3 is 0 Å². The second kappa shape index (κ2) is 7.83. The lowest BCUT2D eigenvalue weighted by atomic mass is 9.72. The molecule has 142 valence electrons. The summed E-state index contributed by atoms with van der Waals surface area (Å²) in [4.78, 5) is 14.8. The number of aliphatic hydroxyl groups is 1.